The highest BCUT2D eigenvalue weighted by Crippen LogP contribution is 2.16. The summed E-state index contributed by atoms with van der Waals surface area (Å²) in [5.41, 5.74) is 6.01. The maximum absolute atomic E-state index is 6.01. The SMILES string of the molecule is CCN(CC)CCc1noc([C@H](N)CC(C)C)n1. The third kappa shape index (κ3) is 4.74. The zero-order valence-electron chi connectivity index (χ0n) is 12.0. The molecule has 0 aliphatic carbocycles. The van der Waals surface area contributed by atoms with Crippen molar-refractivity contribution in [1.82, 2.24) is 15.0 Å². The van der Waals surface area contributed by atoms with E-state index in [1.54, 1.807) is 0 Å². The van der Waals surface area contributed by atoms with Gasteiger partial charge in [-0.15, -0.1) is 0 Å². The molecule has 0 aliphatic rings. The molecule has 0 saturated carbocycles. The molecule has 1 heterocycles. The Bertz CT molecular complexity index is 333. The number of nitrogens with two attached hydrogens (primary N) is 1. The van der Waals surface area contributed by atoms with Gasteiger partial charge in [0.05, 0.1) is 6.04 Å². The van der Waals surface area contributed by atoms with Crippen LogP contribution < -0.4 is 5.73 Å². The fraction of sp³-hybridized carbons (Fsp3) is 0.846. The largest absolute Gasteiger partial charge is 0.338 e. The first kappa shape index (κ1) is 15.1. The second-order valence-corrected chi connectivity index (χ2v) is 5.06. The first-order valence-electron chi connectivity index (χ1n) is 6.87. The van der Waals surface area contributed by atoms with Crippen LogP contribution in [0.25, 0.3) is 0 Å². The lowest BCUT2D eigenvalue weighted by Crippen LogP contribution is -2.25. The highest BCUT2D eigenvalue weighted by Gasteiger charge is 2.16. The summed E-state index contributed by atoms with van der Waals surface area (Å²) in [4.78, 5) is 6.71. The van der Waals surface area contributed by atoms with Crippen molar-refractivity contribution in [2.75, 3.05) is 19.6 Å². The molecule has 0 radical (unpaired) electrons. The summed E-state index contributed by atoms with van der Waals surface area (Å²) >= 11 is 0. The first-order chi connectivity index (χ1) is 8.56. The predicted octanol–water partition coefficient (Wildman–Crippen LogP) is 2.00. The minimum absolute atomic E-state index is 0.139. The number of hydrogen-bond acceptors (Lipinski definition) is 5. The van der Waals surface area contributed by atoms with Crippen molar-refractivity contribution in [3.05, 3.63) is 11.7 Å². The van der Waals surface area contributed by atoms with Crippen molar-refractivity contribution in [3.8, 4) is 0 Å². The Labute approximate surface area is 110 Å². The molecule has 0 spiro atoms. The van der Waals surface area contributed by atoms with Gasteiger partial charge in [0.15, 0.2) is 5.82 Å². The van der Waals surface area contributed by atoms with E-state index in [2.05, 4.69) is 42.7 Å². The van der Waals surface area contributed by atoms with E-state index < -0.39 is 0 Å². The molecule has 2 N–H and O–H groups in total. The highest BCUT2D eigenvalue weighted by molar-refractivity contribution is 4.92. The van der Waals surface area contributed by atoms with Gasteiger partial charge in [-0.05, 0) is 25.4 Å². The topological polar surface area (TPSA) is 68.2 Å². The van der Waals surface area contributed by atoms with Crippen molar-refractivity contribution < 1.29 is 4.52 Å². The summed E-state index contributed by atoms with van der Waals surface area (Å²) < 4.78 is 5.22. The van der Waals surface area contributed by atoms with E-state index in [-0.39, 0.29) is 6.04 Å². The molecule has 0 aromatic carbocycles. The quantitative estimate of drug-likeness (QED) is 0.768. The molecule has 5 nitrogen and oxygen atoms in total. The Balaban J connectivity index is 2.47. The third-order valence-electron chi connectivity index (χ3n) is 3.07. The summed E-state index contributed by atoms with van der Waals surface area (Å²) in [5.74, 6) is 1.86. The smallest absolute Gasteiger partial charge is 0.243 e. The Morgan fingerprint density at radius 2 is 1.94 bits per heavy atom. The van der Waals surface area contributed by atoms with Gasteiger partial charge in [-0.2, -0.15) is 4.98 Å². The van der Waals surface area contributed by atoms with Crippen LogP contribution in [0, 0.1) is 5.92 Å². The fourth-order valence-corrected chi connectivity index (χ4v) is 1.93. The maximum Gasteiger partial charge on any atom is 0.243 e. The van der Waals surface area contributed by atoms with Crippen LogP contribution in [0.2, 0.25) is 0 Å². The van der Waals surface area contributed by atoms with Gasteiger partial charge in [0, 0.05) is 13.0 Å². The molecule has 5 heteroatoms. The van der Waals surface area contributed by atoms with E-state index in [9.17, 15) is 0 Å². The van der Waals surface area contributed by atoms with Gasteiger partial charge in [0.25, 0.3) is 0 Å². The Morgan fingerprint density at radius 1 is 1.28 bits per heavy atom. The molecule has 1 atom stereocenters. The van der Waals surface area contributed by atoms with E-state index in [0.717, 1.165) is 38.3 Å². The summed E-state index contributed by atoms with van der Waals surface area (Å²) in [6.07, 6.45) is 1.69. The van der Waals surface area contributed by atoms with Gasteiger partial charge in [-0.1, -0.05) is 32.9 Å². The van der Waals surface area contributed by atoms with Crippen LogP contribution in [-0.4, -0.2) is 34.7 Å². The zero-order valence-corrected chi connectivity index (χ0v) is 12.0. The zero-order chi connectivity index (χ0) is 13.5. The molecule has 104 valence electrons. The van der Waals surface area contributed by atoms with Gasteiger partial charge >= 0.3 is 0 Å². The minimum Gasteiger partial charge on any atom is -0.338 e. The molecule has 0 aliphatic heterocycles. The molecule has 1 aromatic heterocycles. The minimum atomic E-state index is -0.139. The average molecular weight is 254 g/mol. The van der Waals surface area contributed by atoms with E-state index in [0.29, 0.717) is 11.8 Å². The number of hydrogen-bond donors (Lipinski definition) is 1. The van der Waals surface area contributed by atoms with Crippen molar-refractivity contribution in [2.45, 2.75) is 46.6 Å². The van der Waals surface area contributed by atoms with Crippen LogP contribution >= 0.6 is 0 Å². The summed E-state index contributed by atoms with van der Waals surface area (Å²) in [7, 11) is 0. The van der Waals surface area contributed by atoms with Gasteiger partial charge in [-0.25, -0.2) is 0 Å². The molecule has 0 fully saturated rings. The van der Waals surface area contributed by atoms with Crippen LogP contribution in [0.5, 0.6) is 0 Å². The predicted molar refractivity (Wildman–Crippen MR) is 72.2 cm³/mol. The molecular formula is C13H26N4O. The van der Waals surface area contributed by atoms with Crippen LogP contribution in [0.15, 0.2) is 4.52 Å². The normalized spacial score (nSPS) is 13.5. The number of rotatable bonds is 8. The molecular weight excluding hydrogens is 228 g/mol. The molecule has 1 rings (SSSR count). The van der Waals surface area contributed by atoms with Gasteiger partial charge in [0.2, 0.25) is 5.89 Å². The Kier molecular flexibility index (Phi) is 6.29. The maximum atomic E-state index is 6.01. The van der Waals surface area contributed by atoms with Crippen LogP contribution in [-0.2, 0) is 6.42 Å². The van der Waals surface area contributed by atoms with Gasteiger partial charge < -0.3 is 15.2 Å². The van der Waals surface area contributed by atoms with E-state index >= 15 is 0 Å². The number of aromatic nitrogens is 2. The molecule has 1 aromatic rings. The second kappa shape index (κ2) is 7.48. The fourth-order valence-electron chi connectivity index (χ4n) is 1.93. The van der Waals surface area contributed by atoms with Crippen molar-refractivity contribution in [2.24, 2.45) is 11.7 Å². The Morgan fingerprint density at radius 3 is 2.50 bits per heavy atom. The Hall–Kier alpha value is -0.940. The summed E-state index contributed by atoms with van der Waals surface area (Å²) in [6.45, 7) is 11.6. The standard InChI is InChI=1S/C13H26N4O/c1-5-17(6-2)8-7-12-15-13(18-16-12)11(14)9-10(3)4/h10-11H,5-9,14H2,1-4H3/t11-/m1/s1. The van der Waals surface area contributed by atoms with Gasteiger partial charge in [-0.3, -0.25) is 0 Å². The molecule has 0 bridgehead atoms. The number of nitrogens with zero attached hydrogens (tertiary/aromatic N) is 3. The third-order valence-corrected chi connectivity index (χ3v) is 3.07. The van der Waals surface area contributed by atoms with Crippen molar-refractivity contribution >= 4 is 0 Å². The lowest BCUT2D eigenvalue weighted by atomic mass is 10.0. The lowest BCUT2D eigenvalue weighted by Gasteiger charge is -2.16. The van der Waals surface area contributed by atoms with E-state index in [4.69, 9.17) is 10.3 Å². The van der Waals surface area contributed by atoms with E-state index in [1.165, 1.54) is 0 Å². The van der Waals surface area contributed by atoms with Crippen LogP contribution in [0.3, 0.4) is 0 Å². The molecule has 0 unspecified atom stereocenters. The monoisotopic (exact) mass is 254 g/mol. The van der Waals surface area contributed by atoms with Crippen molar-refractivity contribution in [1.29, 1.82) is 0 Å². The van der Waals surface area contributed by atoms with Gasteiger partial charge in [0.1, 0.15) is 0 Å². The molecule has 0 saturated heterocycles. The summed E-state index contributed by atoms with van der Waals surface area (Å²) in [6, 6.07) is -0.139. The van der Waals surface area contributed by atoms with E-state index in [1.807, 2.05) is 0 Å². The first-order valence-corrected chi connectivity index (χ1v) is 6.87. The number of likely N-dealkylation sites (N-methyl/N-ethyl adjacent to an activating group) is 1. The van der Waals surface area contributed by atoms with Crippen molar-refractivity contribution in [3.63, 3.8) is 0 Å². The van der Waals surface area contributed by atoms with Crippen LogP contribution in [0.4, 0.5) is 0 Å². The molecule has 0 amide bonds. The second-order valence-electron chi connectivity index (χ2n) is 5.06. The summed E-state index contributed by atoms with van der Waals surface area (Å²) in [5, 5.41) is 3.99. The molecule has 18 heavy (non-hydrogen) atoms. The van der Waals surface area contributed by atoms with Crippen LogP contribution in [0.1, 0.15) is 51.9 Å². The highest BCUT2D eigenvalue weighted by atomic mass is 16.5. The average Bonchev–Trinajstić information content (AvgIpc) is 2.78. The lowest BCUT2D eigenvalue weighted by molar-refractivity contribution is 0.301.